The van der Waals surface area contributed by atoms with E-state index >= 15 is 0 Å². The van der Waals surface area contributed by atoms with Crippen LogP contribution in [-0.2, 0) is 0 Å². The Morgan fingerprint density at radius 1 is 1.32 bits per heavy atom. The third-order valence-electron chi connectivity index (χ3n) is 5.66. The molecule has 3 heterocycles. The van der Waals surface area contributed by atoms with Crippen LogP contribution in [0.15, 0.2) is 53.1 Å². The second kappa shape index (κ2) is 8.13. The lowest BCUT2D eigenvalue weighted by Gasteiger charge is -2.32. The Morgan fingerprint density at radius 3 is 2.68 bits per heavy atom. The zero-order valence-corrected chi connectivity index (χ0v) is 17.1. The minimum absolute atomic E-state index is 0.0946. The standard InChI is InChI=1S/C22H23F3N4O2/c1-3-13(2)14-6-8-15(9-7-14)26-21(30)17-12-20-27-16(18-5-4-10-31-18)11-19(22(23,24)25)29(20)28-17/h4-10,12-13,16,19,27H,3,11H2,1-2H3,(H,26,30)/t13-,16-,19+/m1/s1. The fraction of sp³-hybridized carbons (Fsp3) is 0.364. The number of furan rings is 1. The predicted octanol–water partition coefficient (Wildman–Crippen LogP) is 5.90. The highest BCUT2D eigenvalue weighted by Crippen LogP contribution is 2.43. The molecule has 0 unspecified atom stereocenters. The first-order valence-electron chi connectivity index (χ1n) is 10.1. The number of fused-ring (bicyclic) bond motifs is 1. The van der Waals surface area contributed by atoms with Crippen molar-refractivity contribution < 1.29 is 22.4 Å². The minimum atomic E-state index is -4.52. The van der Waals surface area contributed by atoms with Crippen molar-refractivity contribution in [2.24, 2.45) is 0 Å². The molecular formula is C22H23F3N4O2. The fourth-order valence-electron chi connectivity index (χ4n) is 3.69. The zero-order valence-electron chi connectivity index (χ0n) is 17.1. The van der Waals surface area contributed by atoms with E-state index < -0.39 is 24.2 Å². The summed E-state index contributed by atoms with van der Waals surface area (Å²) in [6.45, 7) is 4.21. The summed E-state index contributed by atoms with van der Waals surface area (Å²) in [6.07, 6.45) is -2.40. The molecule has 1 aromatic carbocycles. The second-order valence-electron chi connectivity index (χ2n) is 7.75. The third kappa shape index (κ3) is 4.30. The molecule has 3 aromatic rings. The Bertz CT molecular complexity index is 1040. The van der Waals surface area contributed by atoms with Crippen molar-refractivity contribution in [3.8, 4) is 0 Å². The molecule has 1 aliphatic rings. The molecule has 1 amide bonds. The van der Waals surface area contributed by atoms with E-state index in [1.807, 2.05) is 12.1 Å². The molecule has 164 valence electrons. The van der Waals surface area contributed by atoms with Gasteiger partial charge in [-0.3, -0.25) is 4.79 Å². The van der Waals surface area contributed by atoms with Crippen molar-refractivity contribution in [3.05, 3.63) is 65.7 Å². The lowest BCUT2D eigenvalue weighted by Crippen LogP contribution is -2.35. The molecule has 0 saturated heterocycles. The Morgan fingerprint density at radius 2 is 2.06 bits per heavy atom. The van der Waals surface area contributed by atoms with E-state index in [4.69, 9.17) is 4.42 Å². The number of anilines is 2. The fourth-order valence-corrected chi connectivity index (χ4v) is 3.69. The van der Waals surface area contributed by atoms with Gasteiger partial charge in [0.2, 0.25) is 0 Å². The number of carbonyl (C=O) groups excluding carboxylic acids is 1. The quantitative estimate of drug-likeness (QED) is 0.526. The maximum atomic E-state index is 13.7. The minimum Gasteiger partial charge on any atom is -0.467 e. The van der Waals surface area contributed by atoms with Crippen LogP contribution in [0.3, 0.4) is 0 Å². The van der Waals surface area contributed by atoms with Gasteiger partial charge in [-0.2, -0.15) is 18.3 Å². The average Bonchev–Trinajstić information content (AvgIpc) is 3.42. The van der Waals surface area contributed by atoms with Gasteiger partial charge in [0.15, 0.2) is 11.7 Å². The number of nitrogens with one attached hydrogen (secondary N) is 2. The van der Waals surface area contributed by atoms with E-state index in [9.17, 15) is 18.0 Å². The number of halogens is 3. The number of hydrogen-bond acceptors (Lipinski definition) is 4. The van der Waals surface area contributed by atoms with Crippen molar-refractivity contribution >= 4 is 17.4 Å². The van der Waals surface area contributed by atoms with E-state index in [0.717, 1.165) is 16.7 Å². The Balaban J connectivity index is 1.56. The van der Waals surface area contributed by atoms with Gasteiger partial charge >= 0.3 is 6.18 Å². The number of nitrogens with zero attached hydrogens (tertiary/aromatic N) is 2. The summed E-state index contributed by atoms with van der Waals surface area (Å²) in [5.41, 5.74) is 1.61. The van der Waals surface area contributed by atoms with E-state index in [-0.39, 0.29) is 17.9 Å². The topological polar surface area (TPSA) is 72.1 Å². The summed E-state index contributed by atoms with van der Waals surface area (Å²) in [4.78, 5) is 12.7. The van der Waals surface area contributed by atoms with Gasteiger partial charge in [0.1, 0.15) is 11.6 Å². The van der Waals surface area contributed by atoms with E-state index in [1.165, 1.54) is 12.3 Å². The largest absolute Gasteiger partial charge is 0.467 e. The molecular weight excluding hydrogens is 409 g/mol. The molecule has 3 atom stereocenters. The molecule has 0 saturated carbocycles. The summed E-state index contributed by atoms with van der Waals surface area (Å²) < 4.78 is 47.2. The van der Waals surface area contributed by atoms with Gasteiger partial charge in [-0.1, -0.05) is 26.0 Å². The van der Waals surface area contributed by atoms with Gasteiger partial charge in [-0.05, 0) is 42.2 Å². The smallest absolute Gasteiger partial charge is 0.410 e. The molecule has 0 spiro atoms. The van der Waals surface area contributed by atoms with E-state index in [1.54, 1.807) is 24.3 Å². The van der Waals surface area contributed by atoms with Gasteiger partial charge in [0.05, 0.1) is 12.3 Å². The number of alkyl halides is 3. The van der Waals surface area contributed by atoms with Crippen LogP contribution in [0.2, 0.25) is 0 Å². The molecule has 31 heavy (non-hydrogen) atoms. The van der Waals surface area contributed by atoms with Gasteiger partial charge in [-0.15, -0.1) is 0 Å². The molecule has 2 N–H and O–H groups in total. The highest BCUT2D eigenvalue weighted by molar-refractivity contribution is 6.03. The number of aromatic nitrogens is 2. The number of amides is 1. The van der Waals surface area contributed by atoms with Crippen molar-refractivity contribution in [2.45, 2.75) is 50.9 Å². The highest BCUT2D eigenvalue weighted by Gasteiger charge is 2.47. The van der Waals surface area contributed by atoms with Crippen molar-refractivity contribution in [1.82, 2.24) is 9.78 Å². The molecule has 0 fully saturated rings. The predicted molar refractivity (Wildman–Crippen MR) is 110 cm³/mol. The molecule has 9 heteroatoms. The summed E-state index contributed by atoms with van der Waals surface area (Å²) in [6, 6.07) is 9.44. The summed E-state index contributed by atoms with van der Waals surface area (Å²) in [7, 11) is 0. The lowest BCUT2D eigenvalue weighted by atomic mass is 9.99. The zero-order chi connectivity index (χ0) is 22.2. The molecule has 6 nitrogen and oxygen atoms in total. The lowest BCUT2D eigenvalue weighted by molar-refractivity contribution is -0.174. The SMILES string of the molecule is CC[C@@H](C)c1ccc(NC(=O)c2cc3n(n2)[C@H](C(F)(F)F)C[C@H](c2ccco2)N3)cc1. The summed E-state index contributed by atoms with van der Waals surface area (Å²) in [5, 5.41) is 9.66. The van der Waals surface area contributed by atoms with Crippen molar-refractivity contribution in [2.75, 3.05) is 10.6 Å². The molecule has 0 aliphatic carbocycles. The van der Waals surface area contributed by atoms with Crippen LogP contribution in [0.25, 0.3) is 0 Å². The van der Waals surface area contributed by atoms with Gasteiger partial charge in [0, 0.05) is 18.2 Å². The van der Waals surface area contributed by atoms with Crippen LogP contribution in [-0.4, -0.2) is 21.9 Å². The average molecular weight is 432 g/mol. The number of benzene rings is 1. The first-order chi connectivity index (χ1) is 14.8. The Kier molecular flexibility index (Phi) is 5.51. The molecule has 0 radical (unpaired) electrons. The van der Waals surface area contributed by atoms with Crippen molar-refractivity contribution in [1.29, 1.82) is 0 Å². The Labute approximate surface area is 177 Å². The number of hydrogen-bond donors (Lipinski definition) is 2. The van der Waals surface area contributed by atoms with Crippen LogP contribution in [0.5, 0.6) is 0 Å². The van der Waals surface area contributed by atoms with Crippen LogP contribution in [0, 0.1) is 0 Å². The van der Waals surface area contributed by atoms with Gasteiger partial charge in [-0.25, -0.2) is 4.68 Å². The van der Waals surface area contributed by atoms with Crippen molar-refractivity contribution in [3.63, 3.8) is 0 Å². The van der Waals surface area contributed by atoms with Gasteiger partial charge < -0.3 is 15.1 Å². The molecule has 4 rings (SSSR count). The van der Waals surface area contributed by atoms with Crippen LogP contribution in [0.4, 0.5) is 24.7 Å². The molecule has 2 aromatic heterocycles. The van der Waals surface area contributed by atoms with Gasteiger partial charge in [0.25, 0.3) is 5.91 Å². The maximum absolute atomic E-state index is 13.7. The number of carbonyl (C=O) groups is 1. The highest BCUT2D eigenvalue weighted by atomic mass is 19.4. The van der Waals surface area contributed by atoms with Crippen LogP contribution in [0.1, 0.15) is 66.5 Å². The van der Waals surface area contributed by atoms with Crippen LogP contribution >= 0.6 is 0 Å². The second-order valence-corrected chi connectivity index (χ2v) is 7.75. The summed E-state index contributed by atoms with van der Waals surface area (Å²) >= 11 is 0. The van der Waals surface area contributed by atoms with Crippen LogP contribution < -0.4 is 10.6 Å². The van der Waals surface area contributed by atoms with E-state index in [0.29, 0.717) is 17.4 Å². The third-order valence-corrected chi connectivity index (χ3v) is 5.66. The Hall–Kier alpha value is -3.23. The number of rotatable bonds is 5. The molecule has 0 bridgehead atoms. The maximum Gasteiger partial charge on any atom is 0.410 e. The first kappa shape index (κ1) is 21.0. The monoisotopic (exact) mass is 432 g/mol. The first-order valence-corrected chi connectivity index (χ1v) is 10.1. The summed E-state index contributed by atoms with van der Waals surface area (Å²) in [5.74, 6) is 0.342. The normalized spacial score (nSPS) is 19.4. The molecule has 1 aliphatic heterocycles. The van der Waals surface area contributed by atoms with E-state index in [2.05, 4.69) is 29.6 Å².